The molecule has 0 aliphatic carbocycles. The van der Waals surface area contributed by atoms with E-state index < -0.39 is 0 Å². The summed E-state index contributed by atoms with van der Waals surface area (Å²) >= 11 is 6.42. The Morgan fingerprint density at radius 1 is 1.07 bits per heavy atom. The summed E-state index contributed by atoms with van der Waals surface area (Å²) < 4.78 is 0. The van der Waals surface area contributed by atoms with Crippen molar-refractivity contribution in [2.45, 2.75) is 32.2 Å². The van der Waals surface area contributed by atoms with E-state index in [-0.39, 0.29) is 29.7 Å². The minimum Gasteiger partial charge on any atom is -0.355 e. The number of benzene rings is 2. The lowest BCUT2D eigenvalue weighted by molar-refractivity contribution is -0.125. The zero-order valence-electron chi connectivity index (χ0n) is 18.4. The summed E-state index contributed by atoms with van der Waals surface area (Å²) in [7, 11) is 5.56. The van der Waals surface area contributed by atoms with Gasteiger partial charge in [-0.1, -0.05) is 61.8 Å². The number of halogens is 1. The van der Waals surface area contributed by atoms with Crippen LogP contribution in [0.3, 0.4) is 0 Å². The second-order valence-corrected chi connectivity index (χ2v) is 8.35. The average Bonchev–Trinajstić information content (AvgIpc) is 2.75. The third-order valence-corrected chi connectivity index (χ3v) is 6.08. The number of likely N-dealkylation sites (N-methyl/N-ethyl adjacent to an activating group) is 1. The van der Waals surface area contributed by atoms with Crippen LogP contribution in [0.4, 0.5) is 0 Å². The van der Waals surface area contributed by atoms with Gasteiger partial charge >= 0.3 is 0 Å². The van der Waals surface area contributed by atoms with Crippen molar-refractivity contribution < 1.29 is 9.59 Å². The molecule has 2 N–H and O–H groups in total. The van der Waals surface area contributed by atoms with Gasteiger partial charge in [0.15, 0.2) is 0 Å². The van der Waals surface area contributed by atoms with Crippen LogP contribution in [-0.2, 0) is 11.2 Å². The smallest absolute Gasteiger partial charge is 0.251 e. The molecule has 0 aliphatic heterocycles. The van der Waals surface area contributed by atoms with Crippen LogP contribution in [0.15, 0.2) is 48.5 Å². The summed E-state index contributed by atoms with van der Waals surface area (Å²) in [5, 5.41) is 6.26. The standard InChI is InChI=1S/C24H32ClN3O2/c1-16(18-9-7-6-8-10-18)17(2)23(29)27-15-21(28(4)5)13-19-11-12-20(14-22(19)25)24(30)26-3/h6-12,14,16-17,21H,13,15H2,1-5H3,(H,26,30)(H,27,29)/t16?,17-,21-/m0/s1. The van der Waals surface area contributed by atoms with E-state index in [1.54, 1.807) is 19.2 Å². The molecule has 5 nitrogen and oxygen atoms in total. The van der Waals surface area contributed by atoms with Gasteiger partial charge < -0.3 is 15.5 Å². The Morgan fingerprint density at radius 3 is 2.30 bits per heavy atom. The van der Waals surface area contributed by atoms with Crippen LogP contribution in [0.2, 0.25) is 5.02 Å². The molecule has 2 aromatic carbocycles. The van der Waals surface area contributed by atoms with E-state index in [2.05, 4.69) is 34.6 Å². The second-order valence-electron chi connectivity index (χ2n) is 7.94. The Morgan fingerprint density at radius 2 is 1.73 bits per heavy atom. The van der Waals surface area contributed by atoms with Gasteiger partial charge in [-0.25, -0.2) is 0 Å². The Bertz CT molecular complexity index is 855. The van der Waals surface area contributed by atoms with Crippen molar-refractivity contribution in [1.82, 2.24) is 15.5 Å². The molecule has 162 valence electrons. The highest BCUT2D eigenvalue weighted by molar-refractivity contribution is 6.31. The number of nitrogens with zero attached hydrogens (tertiary/aromatic N) is 1. The third-order valence-electron chi connectivity index (χ3n) is 5.73. The number of carbonyl (C=O) groups is 2. The minimum absolute atomic E-state index is 0.0410. The Kier molecular flexibility index (Phi) is 8.88. The summed E-state index contributed by atoms with van der Waals surface area (Å²) in [5.74, 6) is -0.123. The molecule has 0 radical (unpaired) electrons. The molecule has 0 aliphatic rings. The monoisotopic (exact) mass is 429 g/mol. The van der Waals surface area contributed by atoms with Crippen LogP contribution in [0.25, 0.3) is 0 Å². The molecule has 0 fully saturated rings. The first kappa shape index (κ1) is 23.9. The number of hydrogen-bond donors (Lipinski definition) is 2. The molecule has 2 aromatic rings. The highest BCUT2D eigenvalue weighted by Gasteiger charge is 2.23. The van der Waals surface area contributed by atoms with E-state index in [1.807, 2.05) is 45.3 Å². The van der Waals surface area contributed by atoms with Crippen molar-refractivity contribution in [3.8, 4) is 0 Å². The Hall–Kier alpha value is -2.37. The molecule has 3 atom stereocenters. The molecule has 1 unspecified atom stereocenters. The van der Waals surface area contributed by atoms with Crippen molar-refractivity contribution >= 4 is 23.4 Å². The van der Waals surface area contributed by atoms with E-state index in [4.69, 9.17) is 11.6 Å². The average molecular weight is 430 g/mol. The largest absolute Gasteiger partial charge is 0.355 e. The first-order valence-corrected chi connectivity index (χ1v) is 10.6. The summed E-state index contributed by atoms with van der Waals surface area (Å²) in [4.78, 5) is 26.6. The maximum atomic E-state index is 12.8. The van der Waals surface area contributed by atoms with E-state index in [0.717, 1.165) is 11.1 Å². The molecular formula is C24H32ClN3O2. The fraction of sp³-hybridized carbons (Fsp3) is 0.417. The first-order chi connectivity index (χ1) is 14.2. The molecule has 0 heterocycles. The molecule has 0 spiro atoms. The first-order valence-electron chi connectivity index (χ1n) is 10.2. The van der Waals surface area contributed by atoms with Gasteiger partial charge in [0, 0.05) is 36.1 Å². The van der Waals surface area contributed by atoms with Crippen molar-refractivity contribution in [3.63, 3.8) is 0 Å². The quantitative estimate of drug-likeness (QED) is 0.638. The molecule has 2 rings (SSSR count). The fourth-order valence-electron chi connectivity index (χ4n) is 3.34. The third kappa shape index (κ3) is 6.31. The highest BCUT2D eigenvalue weighted by Crippen LogP contribution is 2.24. The van der Waals surface area contributed by atoms with Gasteiger partial charge in [-0.05, 0) is 49.7 Å². The molecule has 0 saturated heterocycles. The molecule has 6 heteroatoms. The summed E-state index contributed by atoms with van der Waals surface area (Å²) in [6.45, 7) is 4.56. The van der Waals surface area contributed by atoms with Gasteiger partial charge in [0.2, 0.25) is 5.91 Å². The molecule has 0 saturated carbocycles. The normalized spacial score (nSPS) is 14.1. The maximum absolute atomic E-state index is 12.8. The van der Waals surface area contributed by atoms with Gasteiger partial charge in [0.05, 0.1) is 0 Å². The summed E-state index contributed by atoms with van der Waals surface area (Å²) in [6, 6.07) is 15.5. The zero-order valence-corrected chi connectivity index (χ0v) is 19.2. The van der Waals surface area contributed by atoms with Crippen LogP contribution in [0, 0.1) is 5.92 Å². The molecule has 0 aromatic heterocycles. The zero-order chi connectivity index (χ0) is 22.3. The van der Waals surface area contributed by atoms with E-state index >= 15 is 0 Å². The van der Waals surface area contributed by atoms with Gasteiger partial charge in [0.25, 0.3) is 5.91 Å². The minimum atomic E-state index is -0.165. The predicted octanol–water partition coefficient (Wildman–Crippen LogP) is 3.73. The van der Waals surface area contributed by atoms with Gasteiger partial charge in [-0.2, -0.15) is 0 Å². The van der Waals surface area contributed by atoms with Crippen LogP contribution < -0.4 is 10.6 Å². The lowest BCUT2D eigenvalue weighted by Crippen LogP contribution is -2.43. The van der Waals surface area contributed by atoms with Crippen LogP contribution in [-0.4, -0.2) is 50.4 Å². The lowest BCUT2D eigenvalue weighted by Gasteiger charge is -2.27. The molecule has 2 amide bonds. The molecule has 0 bridgehead atoms. The summed E-state index contributed by atoms with van der Waals surface area (Å²) in [5.41, 5.74) is 2.64. The van der Waals surface area contributed by atoms with Gasteiger partial charge in [-0.15, -0.1) is 0 Å². The SMILES string of the molecule is CNC(=O)c1ccc(C[C@@H](CNC(=O)[C@@H](C)C(C)c2ccccc2)N(C)C)c(Cl)c1. The number of amides is 2. The van der Waals surface area contributed by atoms with Crippen molar-refractivity contribution in [2.75, 3.05) is 27.7 Å². The number of rotatable bonds is 9. The van der Waals surface area contributed by atoms with Gasteiger partial charge in [0.1, 0.15) is 0 Å². The van der Waals surface area contributed by atoms with Crippen molar-refractivity contribution in [2.24, 2.45) is 5.92 Å². The van der Waals surface area contributed by atoms with Crippen LogP contribution in [0.1, 0.15) is 41.3 Å². The second kappa shape index (κ2) is 11.1. The van der Waals surface area contributed by atoms with Crippen molar-refractivity contribution in [3.05, 3.63) is 70.2 Å². The molecule has 30 heavy (non-hydrogen) atoms. The van der Waals surface area contributed by atoms with Crippen molar-refractivity contribution in [1.29, 1.82) is 0 Å². The van der Waals surface area contributed by atoms with Crippen LogP contribution in [0.5, 0.6) is 0 Å². The van der Waals surface area contributed by atoms with E-state index in [9.17, 15) is 9.59 Å². The number of carbonyl (C=O) groups excluding carboxylic acids is 2. The molecular weight excluding hydrogens is 398 g/mol. The Labute approximate surface area is 184 Å². The van der Waals surface area contributed by atoms with E-state index in [1.165, 1.54) is 0 Å². The Balaban J connectivity index is 2.00. The predicted molar refractivity (Wildman–Crippen MR) is 123 cm³/mol. The summed E-state index contributed by atoms with van der Waals surface area (Å²) in [6.07, 6.45) is 0.669. The number of nitrogens with one attached hydrogen (secondary N) is 2. The van der Waals surface area contributed by atoms with E-state index in [0.29, 0.717) is 23.6 Å². The highest BCUT2D eigenvalue weighted by atomic mass is 35.5. The number of hydrogen-bond acceptors (Lipinski definition) is 3. The topological polar surface area (TPSA) is 61.4 Å². The maximum Gasteiger partial charge on any atom is 0.251 e. The lowest BCUT2D eigenvalue weighted by atomic mass is 9.88. The fourth-order valence-corrected chi connectivity index (χ4v) is 3.60. The van der Waals surface area contributed by atoms with Gasteiger partial charge in [-0.3, -0.25) is 9.59 Å². The van der Waals surface area contributed by atoms with Crippen LogP contribution >= 0.6 is 11.6 Å².